The van der Waals surface area contributed by atoms with Crippen LogP contribution in [-0.4, -0.2) is 97.9 Å². The molecule has 0 aliphatic heterocycles. The van der Waals surface area contributed by atoms with Crippen molar-refractivity contribution in [2.75, 3.05) is 13.2 Å². The average Bonchev–Trinajstić information content (AvgIpc) is 2.55. The molecule has 0 fully saturated rings. The van der Waals surface area contributed by atoms with E-state index in [1.165, 1.54) is 0 Å². The molecular formula is C12H22N4O9. The Kier molecular flexibility index (Phi) is 9.55. The molecule has 0 unspecified atom stereocenters. The zero-order valence-electron chi connectivity index (χ0n) is 13.0. The van der Waals surface area contributed by atoms with Crippen LogP contribution in [0.5, 0.6) is 0 Å². The molecule has 0 aliphatic rings. The Morgan fingerprint density at radius 1 is 1.00 bits per heavy atom. The van der Waals surface area contributed by atoms with Crippen molar-refractivity contribution in [3.63, 3.8) is 0 Å². The molecule has 0 saturated carbocycles. The van der Waals surface area contributed by atoms with E-state index >= 15 is 0 Å². The molecule has 0 aromatic rings. The Balaban J connectivity index is 5.27. The van der Waals surface area contributed by atoms with Crippen molar-refractivity contribution in [2.45, 2.75) is 36.9 Å². The summed E-state index contributed by atoms with van der Waals surface area (Å²) in [6, 6.07) is -1.76. The van der Waals surface area contributed by atoms with Crippen molar-refractivity contribution in [3.8, 4) is 0 Å². The molecular weight excluding hydrogens is 344 g/mol. The monoisotopic (exact) mass is 366 g/mol. The fraction of sp³-hybridized carbons (Fsp3) is 0.667. The molecule has 0 bridgehead atoms. The van der Waals surface area contributed by atoms with E-state index in [1.807, 2.05) is 5.32 Å². The van der Waals surface area contributed by atoms with Gasteiger partial charge >= 0.3 is 5.97 Å². The topological polar surface area (TPSA) is 249 Å². The Hall–Kier alpha value is -2.32. The third-order valence-corrected chi connectivity index (χ3v) is 3.08. The number of nitrogens with zero attached hydrogens (tertiary/aromatic N) is 1. The van der Waals surface area contributed by atoms with E-state index in [-0.39, 0.29) is 0 Å². The predicted molar refractivity (Wildman–Crippen MR) is 81.0 cm³/mol. The summed E-state index contributed by atoms with van der Waals surface area (Å²) in [6.07, 6.45) is -8.83. The SMILES string of the molecule is NC(N)=NCC(=O)N[C@@H]([C@@H](O)[C@H](O)[C@H](O)CO)[C@@H](O)CC(=O)C(=O)O. The molecule has 0 aromatic carbocycles. The van der Waals surface area contributed by atoms with Crippen LogP contribution >= 0.6 is 0 Å². The van der Waals surface area contributed by atoms with Crippen molar-refractivity contribution in [2.24, 2.45) is 16.5 Å². The van der Waals surface area contributed by atoms with Crippen molar-refractivity contribution < 1.29 is 45.0 Å². The number of amides is 1. The van der Waals surface area contributed by atoms with Crippen molar-refractivity contribution in [3.05, 3.63) is 0 Å². The summed E-state index contributed by atoms with van der Waals surface area (Å²) in [5.74, 6) is -4.63. The summed E-state index contributed by atoms with van der Waals surface area (Å²) in [7, 11) is 0. The summed E-state index contributed by atoms with van der Waals surface area (Å²) in [6.45, 7) is -1.57. The molecule has 5 atom stereocenters. The van der Waals surface area contributed by atoms with Gasteiger partial charge in [-0.2, -0.15) is 0 Å². The Morgan fingerprint density at radius 2 is 1.56 bits per heavy atom. The molecule has 0 saturated heterocycles. The highest BCUT2D eigenvalue weighted by Gasteiger charge is 2.37. The van der Waals surface area contributed by atoms with Crippen LogP contribution in [0.1, 0.15) is 6.42 Å². The molecule has 25 heavy (non-hydrogen) atoms. The smallest absolute Gasteiger partial charge is 0.372 e. The second-order valence-corrected chi connectivity index (χ2v) is 5.07. The molecule has 13 nitrogen and oxygen atoms in total. The van der Waals surface area contributed by atoms with Crippen LogP contribution in [0.4, 0.5) is 0 Å². The van der Waals surface area contributed by atoms with Gasteiger partial charge in [-0.15, -0.1) is 0 Å². The van der Waals surface area contributed by atoms with Crippen molar-refractivity contribution >= 4 is 23.6 Å². The minimum Gasteiger partial charge on any atom is -0.475 e. The molecule has 0 radical (unpaired) electrons. The number of guanidine groups is 1. The Morgan fingerprint density at radius 3 is 2.00 bits per heavy atom. The van der Waals surface area contributed by atoms with Crippen molar-refractivity contribution in [1.29, 1.82) is 0 Å². The van der Waals surface area contributed by atoms with Crippen LogP contribution in [-0.2, 0) is 14.4 Å². The van der Waals surface area contributed by atoms with Gasteiger partial charge in [-0.3, -0.25) is 9.59 Å². The zero-order chi connectivity index (χ0) is 19.7. The lowest BCUT2D eigenvalue weighted by Gasteiger charge is -2.32. The summed E-state index contributed by atoms with van der Waals surface area (Å²) in [4.78, 5) is 36.8. The van der Waals surface area contributed by atoms with E-state index in [4.69, 9.17) is 21.7 Å². The van der Waals surface area contributed by atoms with Crippen LogP contribution in [0.25, 0.3) is 0 Å². The quantitative estimate of drug-likeness (QED) is 0.0945. The number of nitrogens with one attached hydrogen (secondary N) is 1. The number of hydrogen-bond acceptors (Lipinski definition) is 9. The summed E-state index contributed by atoms with van der Waals surface area (Å²) >= 11 is 0. The van der Waals surface area contributed by atoms with Gasteiger partial charge in [0.25, 0.3) is 0 Å². The maximum Gasteiger partial charge on any atom is 0.372 e. The summed E-state index contributed by atoms with van der Waals surface area (Å²) in [5.41, 5.74) is 10.1. The largest absolute Gasteiger partial charge is 0.475 e. The second kappa shape index (κ2) is 10.5. The van der Waals surface area contributed by atoms with Gasteiger partial charge in [-0.25, -0.2) is 9.79 Å². The Bertz CT molecular complexity index is 509. The first-order valence-electron chi connectivity index (χ1n) is 6.95. The van der Waals surface area contributed by atoms with Crippen LogP contribution in [0.15, 0.2) is 4.99 Å². The van der Waals surface area contributed by atoms with Gasteiger partial charge in [0.15, 0.2) is 5.96 Å². The highest BCUT2D eigenvalue weighted by molar-refractivity contribution is 6.32. The molecule has 0 rings (SSSR count). The lowest BCUT2D eigenvalue weighted by molar-refractivity contribution is -0.151. The van der Waals surface area contributed by atoms with Crippen LogP contribution < -0.4 is 16.8 Å². The molecule has 1 amide bonds. The number of carboxylic acid groups (broad SMARTS) is 1. The Labute approximate surface area is 141 Å². The van der Waals surface area contributed by atoms with Crippen LogP contribution in [0.2, 0.25) is 0 Å². The van der Waals surface area contributed by atoms with Crippen LogP contribution in [0.3, 0.4) is 0 Å². The molecule has 0 aromatic heterocycles. The van der Waals surface area contributed by atoms with E-state index in [9.17, 15) is 34.8 Å². The van der Waals surface area contributed by atoms with E-state index < -0.39 is 73.6 Å². The third kappa shape index (κ3) is 7.86. The van der Waals surface area contributed by atoms with Gasteiger partial charge in [0.05, 0.1) is 18.8 Å². The number of Topliss-reactive ketones (excluding diaryl/α,β-unsaturated/α-hetero) is 1. The number of nitrogens with two attached hydrogens (primary N) is 2. The predicted octanol–water partition coefficient (Wildman–Crippen LogP) is -5.78. The van der Waals surface area contributed by atoms with E-state index in [1.54, 1.807) is 0 Å². The number of aliphatic hydroxyl groups is 5. The maximum absolute atomic E-state index is 11.7. The zero-order valence-corrected chi connectivity index (χ0v) is 13.0. The highest BCUT2D eigenvalue weighted by Crippen LogP contribution is 2.12. The summed E-state index contributed by atoms with van der Waals surface area (Å²) in [5, 5.41) is 58.3. The average molecular weight is 366 g/mol. The number of aliphatic carboxylic acids is 1. The van der Waals surface area contributed by atoms with Gasteiger partial charge < -0.3 is 47.4 Å². The third-order valence-electron chi connectivity index (χ3n) is 3.08. The number of carboxylic acids is 1. The minimum absolute atomic E-state index is 0.426. The van der Waals surface area contributed by atoms with Crippen molar-refractivity contribution in [1.82, 2.24) is 5.32 Å². The molecule has 0 spiro atoms. The van der Waals surface area contributed by atoms with Gasteiger partial charge in [-0.05, 0) is 0 Å². The lowest BCUT2D eigenvalue weighted by Crippen LogP contribution is -2.58. The lowest BCUT2D eigenvalue weighted by atomic mass is 9.94. The number of rotatable bonds is 11. The molecule has 0 aliphatic carbocycles. The number of aliphatic imine (C=N–C) groups is 1. The molecule has 0 heterocycles. The number of aliphatic hydroxyl groups excluding tert-OH is 5. The number of carbonyl (C=O) groups excluding carboxylic acids is 2. The number of carbonyl (C=O) groups is 3. The normalized spacial score (nSPS) is 16.8. The first-order valence-corrected chi connectivity index (χ1v) is 6.95. The van der Waals surface area contributed by atoms with Gasteiger partial charge in [0.1, 0.15) is 24.9 Å². The number of ketones is 1. The van der Waals surface area contributed by atoms with E-state index in [0.29, 0.717) is 0 Å². The van der Waals surface area contributed by atoms with E-state index in [2.05, 4.69) is 4.99 Å². The fourth-order valence-electron chi connectivity index (χ4n) is 1.76. The molecule has 13 heteroatoms. The molecule has 11 N–H and O–H groups in total. The fourth-order valence-corrected chi connectivity index (χ4v) is 1.76. The standard InChI is InChI=1S/C12H22N4O9/c13-12(14)15-2-7(21)16-8(4(18)1-5(19)11(24)25)10(23)9(22)6(20)3-17/h4,6,8-10,17-18,20,22-23H,1-3H2,(H,16,21)(H,24,25)(H4,13,14,15)/t4-,6+,8+,9+,10+/m0/s1. The van der Waals surface area contributed by atoms with Gasteiger partial charge in [-0.1, -0.05) is 0 Å². The second-order valence-electron chi connectivity index (χ2n) is 5.07. The minimum atomic E-state index is -2.05. The van der Waals surface area contributed by atoms with Gasteiger partial charge in [0, 0.05) is 6.42 Å². The summed E-state index contributed by atoms with van der Waals surface area (Å²) < 4.78 is 0. The first kappa shape index (κ1) is 22.7. The first-order chi connectivity index (χ1) is 11.5. The van der Waals surface area contributed by atoms with E-state index in [0.717, 1.165) is 0 Å². The van der Waals surface area contributed by atoms with Gasteiger partial charge in [0.2, 0.25) is 11.7 Å². The number of hydrogen-bond donors (Lipinski definition) is 9. The highest BCUT2D eigenvalue weighted by atomic mass is 16.4. The molecule has 144 valence electrons. The van der Waals surface area contributed by atoms with Crippen LogP contribution in [0, 0.1) is 0 Å². The maximum atomic E-state index is 11.7.